The quantitative estimate of drug-likeness (QED) is 0.356. The molecule has 0 radical (unpaired) electrons. The highest BCUT2D eigenvalue weighted by Crippen LogP contribution is 2.25. The van der Waals surface area contributed by atoms with Gasteiger partial charge in [0.2, 0.25) is 15.9 Å². The first kappa shape index (κ1) is 25.6. The van der Waals surface area contributed by atoms with Crippen LogP contribution in [0.1, 0.15) is 17.5 Å². The molecule has 0 atom stereocenters. The largest absolute Gasteiger partial charge is 0.457 e. The number of hydrogen-bond donors (Lipinski definition) is 1. The van der Waals surface area contributed by atoms with Gasteiger partial charge in [0.1, 0.15) is 18.0 Å². The standard InChI is InChI=1S/C26H30N2O4S2/c1-21-8-6-9-22(18-21)20-33-17-7-16-27-26(29)19-28(34(2,30)31)23-12-14-25(15-13-23)32-24-10-4-3-5-11-24/h3-6,8-15,18H,7,16-17,19-20H2,1-2H3,(H,27,29). The Kier molecular flexibility index (Phi) is 9.42. The maximum Gasteiger partial charge on any atom is 0.240 e. The molecule has 0 bridgehead atoms. The minimum Gasteiger partial charge on any atom is -0.457 e. The van der Waals surface area contributed by atoms with Crippen LogP contribution in [0.2, 0.25) is 0 Å². The van der Waals surface area contributed by atoms with E-state index in [0.717, 1.165) is 28.5 Å². The predicted octanol–water partition coefficient (Wildman–Crippen LogP) is 4.99. The molecule has 0 aromatic heterocycles. The van der Waals surface area contributed by atoms with Gasteiger partial charge in [0.15, 0.2) is 0 Å². The van der Waals surface area contributed by atoms with Crippen molar-refractivity contribution in [3.63, 3.8) is 0 Å². The fourth-order valence-electron chi connectivity index (χ4n) is 3.29. The van der Waals surface area contributed by atoms with Gasteiger partial charge in [0.05, 0.1) is 11.9 Å². The van der Waals surface area contributed by atoms with Crippen molar-refractivity contribution in [2.75, 3.05) is 29.4 Å². The molecule has 0 unspecified atom stereocenters. The number of hydrogen-bond acceptors (Lipinski definition) is 5. The molecule has 1 amide bonds. The topological polar surface area (TPSA) is 75.7 Å². The summed E-state index contributed by atoms with van der Waals surface area (Å²) >= 11 is 1.81. The highest BCUT2D eigenvalue weighted by molar-refractivity contribution is 7.98. The summed E-state index contributed by atoms with van der Waals surface area (Å²) in [7, 11) is -3.63. The number of rotatable bonds is 12. The number of benzene rings is 3. The second-order valence-corrected chi connectivity index (χ2v) is 10.9. The highest BCUT2D eigenvalue weighted by Gasteiger charge is 2.20. The van der Waals surface area contributed by atoms with Crippen LogP contribution in [-0.4, -0.2) is 39.4 Å². The first-order valence-electron chi connectivity index (χ1n) is 11.0. The number of carbonyl (C=O) groups excluding carboxylic acids is 1. The molecule has 6 nitrogen and oxygen atoms in total. The molecule has 0 spiro atoms. The fraction of sp³-hybridized carbons (Fsp3) is 0.269. The maximum atomic E-state index is 12.4. The van der Waals surface area contributed by atoms with E-state index in [2.05, 4.69) is 36.5 Å². The van der Waals surface area contributed by atoms with Crippen molar-refractivity contribution in [3.8, 4) is 11.5 Å². The lowest BCUT2D eigenvalue weighted by Crippen LogP contribution is -2.40. The molecule has 0 aliphatic rings. The Morgan fingerprint density at radius 1 is 0.971 bits per heavy atom. The van der Waals surface area contributed by atoms with E-state index in [1.807, 2.05) is 42.1 Å². The number of ether oxygens (including phenoxy) is 1. The average molecular weight is 499 g/mol. The average Bonchev–Trinajstić information content (AvgIpc) is 2.80. The smallest absolute Gasteiger partial charge is 0.240 e. The third-order valence-electron chi connectivity index (χ3n) is 4.93. The summed E-state index contributed by atoms with van der Waals surface area (Å²) in [6.07, 6.45) is 1.91. The summed E-state index contributed by atoms with van der Waals surface area (Å²) in [5.41, 5.74) is 2.95. The van der Waals surface area contributed by atoms with Gasteiger partial charge in [-0.1, -0.05) is 48.0 Å². The van der Waals surface area contributed by atoms with Crippen LogP contribution in [0.15, 0.2) is 78.9 Å². The van der Waals surface area contributed by atoms with E-state index >= 15 is 0 Å². The number of amides is 1. The lowest BCUT2D eigenvalue weighted by molar-refractivity contribution is -0.119. The molecular weight excluding hydrogens is 468 g/mol. The van der Waals surface area contributed by atoms with Crippen molar-refractivity contribution in [1.82, 2.24) is 5.32 Å². The van der Waals surface area contributed by atoms with Gasteiger partial charge in [-0.25, -0.2) is 8.42 Å². The van der Waals surface area contributed by atoms with Gasteiger partial charge in [-0.05, 0) is 61.1 Å². The summed E-state index contributed by atoms with van der Waals surface area (Å²) in [6, 6.07) is 24.4. The Balaban J connectivity index is 1.46. The number of thioether (sulfide) groups is 1. The SMILES string of the molecule is Cc1cccc(CSCCCNC(=O)CN(c2ccc(Oc3ccccc3)cc2)S(C)(=O)=O)c1. The molecule has 34 heavy (non-hydrogen) atoms. The van der Waals surface area contributed by atoms with Gasteiger partial charge in [0, 0.05) is 12.3 Å². The van der Waals surface area contributed by atoms with Crippen LogP contribution >= 0.6 is 11.8 Å². The molecule has 0 aliphatic heterocycles. The molecule has 0 aliphatic carbocycles. The number of carbonyl (C=O) groups is 1. The van der Waals surface area contributed by atoms with Crippen molar-refractivity contribution in [3.05, 3.63) is 90.0 Å². The van der Waals surface area contributed by atoms with Gasteiger partial charge < -0.3 is 10.1 Å². The van der Waals surface area contributed by atoms with Gasteiger partial charge in [-0.2, -0.15) is 11.8 Å². The highest BCUT2D eigenvalue weighted by atomic mass is 32.2. The Bertz CT molecular complexity index is 1170. The van der Waals surface area contributed by atoms with Crippen LogP contribution in [0.4, 0.5) is 5.69 Å². The zero-order valence-corrected chi connectivity index (χ0v) is 21.1. The number of nitrogens with one attached hydrogen (secondary N) is 1. The summed E-state index contributed by atoms with van der Waals surface area (Å²) < 4.78 is 31.5. The van der Waals surface area contributed by atoms with Gasteiger partial charge in [-0.3, -0.25) is 9.10 Å². The monoisotopic (exact) mass is 498 g/mol. The number of aryl methyl sites for hydroxylation is 1. The Hall–Kier alpha value is -2.97. The minimum absolute atomic E-state index is 0.270. The summed E-state index contributed by atoms with van der Waals surface area (Å²) in [4.78, 5) is 12.4. The zero-order chi connectivity index (χ0) is 24.4. The maximum absolute atomic E-state index is 12.4. The zero-order valence-electron chi connectivity index (χ0n) is 19.4. The van der Waals surface area contributed by atoms with E-state index in [4.69, 9.17) is 4.74 Å². The van der Waals surface area contributed by atoms with E-state index in [1.54, 1.807) is 24.3 Å². The first-order chi connectivity index (χ1) is 16.3. The number of sulfonamides is 1. The Labute approximate surface area is 206 Å². The van der Waals surface area contributed by atoms with Crippen molar-refractivity contribution in [1.29, 1.82) is 0 Å². The number of nitrogens with zero attached hydrogens (tertiary/aromatic N) is 1. The number of para-hydroxylation sites is 1. The van der Waals surface area contributed by atoms with Crippen molar-refractivity contribution in [2.24, 2.45) is 0 Å². The van der Waals surface area contributed by atoms with Gasteiger partial charge in [-0.15, -0.1) is 0 Å². The van der Waals surface area contributed by atoms with E-state index in [0.29, 0.717) is 23.7 Å². The second-order valence-electron chi connectivity index (χ2n) is 7.92. The Morgan fingerprint density at radius 2 is 1.68 bits per heavy atom. The summed E-state index contributed by atoms with van der Waals surface area (Å²) in [6.45, 7) is 2.31. The van der Waals surface area contributed by atoms with E-state index < -0.39 is 10.0 Å². The van der Waals surface area contributed by atoms with Crippen LogP contribution < -0.4 is 14.4 Å². The summed E-state index contributed by atoms with van der Waals surface area (Å²) in [5, 5.41) is 2.82. The van der Waals surface area contributed by atoms with Crippen LogP contribution in [0, 0.1) is 6.92 Å². The van der Waals surface area contributed by atoms with E-state index in [9.17, 15) is 13.2 Å². The van der Waals surface area contributed by atoms with E-state index in [-0.39, 0.29) is 12.5 Å². The lowest BCUT2D eigenvalue weighted by Gasteiger charge is -2.22. The second kappa shape index (κ2) is 12.5. The predicted molar refractivity (Wildman–Crippen MR) is 140 cm³/mol. The minimum atomic E-state index is -3.63. The Morgan fingerprint density at radius 3 is 2.35 bits per heavy atom. The molecular formula is C26H30N2O4S2. The van der Waals surface area contributed by atoms with Crippen LogP contribution in [-0.2, 0) is 20.6 Å². The molecule has 0 saturated heterocycles. The third kappa shape index (κ3) is 8.43. The molecule has 1 N–H and O–H groups in total. The van der Waals surface area contributed by atoms with Crippen molar-refractivity contribution in [2.45, 2.75) is 19.1 Å². The van der Waals surface area contributed by atoms with Gasteiger partial charge >= 0.3 is 0 Å². The lowest BCUT2D eigenvalue weighted by atomic mass is 10.2. The molecule has 3 rings (SSSR count). The van der Waals surface area contributed by atoms with Crippen molar-refractivity contribution >= 4 is 33.4 Å². The molecule has 0 fully saturated rings. The molecule has 0 saturated carbocycles. The molecule has 3 aromatic carbocycles. The number of anilines is 1. The van der Waals surface area contributed by atoms with Crippen molar-refractivity contribution < 1.29 is 17.9 Å². The van der Waals surface area contributed by atoms with Crippen LogP contribution in [0.5, 0.6) is 11.5 Å². The first-order valence-corrected chi connectivity index (χ1v) is 14.0. The molecule has 3 aromatic rings. The normalized spacial score (nSPS) is 11.1. The molecule has 8 heteroatoms. The van der Waals surface area contributed by atoms with Crippen LogP contribution in [0.3, 0.4) is 0 Å². The third-order valence-corrected chi connectivity index (χ3v) is 7.19. The van der Waals surface area contributed by atoms with Gasteiger partial charge in [0.25, 0.3) is 0 Å². The molecule has 0 heterocycles. The van der Waals surface area contributed by atoms with Crippen LogP contribution in [0.25, 0.3) is 0 Å². The summed E-state index contributed by atoms with van der Waals surface area (Å²) in [5.74, 6) is 2.77. The molecule has 180 valence electrons. The fourth-order valence-corrected chi connectivity index (χ4v) is 5.05. The van der Waals surface area contributed by atoms with E-state index in [1.165, 1.54) is 11.1 Å².